The molecule has 0 saturated carbocycles. The molecule has 0 saturated heterocycles. The topological polar surface area (TPSA) is 66.9 Å². The van der Waals surface area contributed by atoms with E-state index in [9.17, 15) is 18.0 Å². The van der Waals surface area contributed by atoms with E-state index in [0.717, 1.165) is 0 Å². The van der Waals surface area contributed by atoms with Crippen LogP contribution >= 0.6 is 0 Å². The van der Waals surface area contributed by atoms with Gasteiger partial charge in [0.1, 0.15) is 11.5 Å². The molecule has 0 spiro atoms. The maximum absolute atomic E-state index is 12.1. The van der Waals surface area contributed by atoms with E-state index in [1.165, 1.54) is 19.3 Å². The highest BCUT2D eigenvalue weighted by Crippen LogP contribution is 2.21. The van der Waals surface area contributed by atoms with Crippen LogP contribution in [-0.2, 0) is 0 Å². The Morgan fingerprint density at radius 1 is 1.44 bits per heavy atom. The van der Waals surface area contributed by atoms with Gasteiger partial charge in [-0.1, -0.05) is 0 Å². The lowest BCUT2D eigenvalue weighted by atomic mass is 10.2. The van der Waals surface area contributed by atoms with Gasteiger partial charge in [-0.15, -0.1) is 0 Å². The number of amides is 1. The zero-order valence-electron chi connectivity index (χ0n) is 9.88. The largest absolute Gasteiger partial charge is 0.391 e. The smallest absolute Gasteiger partial charge is 0.372 e. The van der Waals surface area contributed by atoms with Gasteiger partial charge >= 0.3 is 6.18 Å². The molecule has 0 aromatic carbocycles. The Hall–Kier alpha value is -1.86. The van der Waals surface area contributed by atoms with Crippen molar-refractivity contribution in [2.75, 3.05) is 12.4 Å². The number of halogens is 3. The molecule has 1 amide bonds. The zero-order valence-corrected chi connectivity index (χ0v) is 9.88. The van der Waals surface area contributed by atoms with Gasteiger partial charge in [0, 0.05) is 13.1 Å². The molecule has 2 N–H and O–H groups in total. The third kappa shape index (κ3) is 4.56. The summed E-state index contributed by atoms with van der Waals surface area (Å²) in [5, 5.41) is 4.89. The summed E-state index contributed by atoms with van der Waals surface area (Å²) in [4.78, 5) is 19.2. The summed E-state index contributed by atoms with van der Waals surface area (Å²) in [6.45, 7) is 1.28. The van der Waals surface area contributed by atoms with E-state index in [1.807, 2.05) is 0 Å². The number of nitrogens with zero attached hydrogens (tertiary/aromatic N) is 2. The lowest BCUT2D eigenvalue weighted by molar-refractivity contribution is -0.138. The molecular weight excluding hydrogens is 249 g/mol. The van der Waals surface area contributed by atoms with Crippen molar-refractivity contribution in [1.82, 2.24) is 15.3 Å². The van der Waals surface area contributed by atoms with Crippen molar-refractivity contribution < 1.29 is 18.0 Å². The first-order chi connectivity index (χ1) is 8.31. The molecule has 0 bridgehead atoms. The van der Waals surface area contributed by atoms with E-state index >= 15 is 0 Å². The maximum atomic E-state index is 12.1. The van der Waals surface area contributed by atoms with Crippen LogP contribution in [0.4, 0.5) is 19.0 Å². The van der Waals surface area contributed by atoms with Crippen LogP contribution in [0.25, 0.3) is 0 Å². The van der Waals surface area contributed by atoms with Crippen LogP contribution in [0.3, 0.4) is 0 Å². The van der Waals surface area contributed by atoms with E-state index < -0.39 is 24.5 Å². The normalized spacial score (nSPS) is 12.9. The minimum Gasteiger partial charge on any atom is -0.372 e. The number of carbonyl (C=O) groups excluding carboxylic acids is 1. The molecule has 0 aliphatic rings. The highest BCUT2D eigenvalue weighted by atomic mass is 19.4. The molecule has 1 rings (SSSR count). The van der Waals surface area contributed by atoms with Crippen molar-refractivity contribution in [3.8, 4) is 0 Å². The fourth-order valence-electron chi connectivity index (χ4n) is 1.29. The molecule has 0 aliphatic heterocycles. The van der Waals surface area contributed by atoms with Crippen LogP contribution < -0.4 is 10.6 Å². The molecule has 0 radical (unpaired) electrons. The average Bonchev–Trinajstić information content (AvgIpc) is 2.26. The Kier molecular flexibility index (Phi) is 4.46. The summed E-state index contributed by atoms with van der Waals surface area (Å²) in [6, 6.07) is -1.02. The van der Waals surface area contributed by atoms with Crippen molar-refractivity contribution in [3.05, 3.63) is 18.1 Å². The lowest BCUT2D eigenvalue weighted by Crippen LogP contribution is -2.36. The number of aromatic nitrogens is 2. The molecule has 1 atom stereocenters. The number of nitrogens with one attached hydrogen (secondary N) is 2. The number of alkyl halides is 3. The summed E-state index contributed by atoms with van der Waals surface area (Å²) in [6.07, 6.45) is -2.81. The third-order valence-electron chi connectivity index (χ3n) is 2.04. The minimum atomic E-state index is -4.31. The van der Waals surface area contributed by atoms with Crippen molar-refractivity contribution in [2.24, 2.45) is 0 Å². The summed E-state index contributed by atoms with van der Waals surface area (Å²) < 4.78 is 36.3. The van der Waals surface area contributed by atoms with Gasteiger partial charge in [-0.3, -0.25) is 9.78 Å². The molecule has 100 valence electrons. The van der Waals surface area contributed by atoms with E-state index in [-0.39, 0.29) is 5.69 Å². The number of hydrogen-bond donors (Lipinski definition) is 2. The van der Waals surface area contributed by atoms with Crippen molar-refractivity contribution in [2.45, 2.75) is 25.6 Å². The van der Waals surface area contributed by atoms with Crippen LogP contribution in [0.15, 0.2) is 12.4 Å². The molecule has 18 heavy (non-hydrogen) atoms. The summed E-state index contributed by atoms with van der Waals surface area (Å²) in [7, 11) is 1.60. The van der Waals surface area contributed by atoms with Gasteiger partial charge in [0.25, 0.3) is 5.91 Å². The van der Waals surface area contributed by atoms with E-state index in [1.54, 1.807) is 7.05 Å². The Labute approximate surface area is 102 Å². The predicted octanol–water partition coefficient (Wildman–Crippen LogP) is 1.59. The first-order valence-electron chi connectivity index (χ1n) is 5.19. The predicted molar refractivity (Wildman–Crippen MR) is 59.2 cm³/mol. The van der Waals surface area contributed by atoms with Crippen LogP contribution in [0.2, 0.25) is 0 Å². The molecule has 1 aromatic heterocycles. The molecule has 1 heterocycles. The molecule has 0 aliphatic carbocycles. The second-order valence-corrected chi connectivity index (χ2v) is 3.73. The molecule has 8 heteroatoms. The summed E-state index contributed by atoms with van der Waals surface area (Å²) >= 11 is 0. The SMILES string of the molecule is CNc1cncc(C(=O)NC(C)CC(F)(F)F)n1. The van der Waals surface area contributed by atoms with Gasteiger partial charge in [-0.05, 0) is 6.92 Å². The highest BCUT2D eigenvalue weighted by molar-refractivity contribution is 5.92. The number of anilines is 1. The van der Waals surface area contributed by atoms with Crippen LogP contribution in [0.5, 0.6) is 0 Å². The monoisotopic (exact) mass is 262 g/mol. The van der Waals surface area contributed by atoms with E-state index in [4.69, 9.17) is 0 Å². The summed E-state index contributed by atoms with van der Waals surface area (Å²) in [5.74, 6) is -0.317. The van der Waals surface area contributed by atoms with Gasteiger partial charge in [-0.25, -0.2) is 4.98 Å². The van der Waals surface area contributed by atoms with E-state index in [2.05, 4.69) is 20.6 Å². The summed E-state index contributed by atoms with van der Waals surface area (Å²) in [5.41, 5.74) is -0.0316. The second kappa shape index (κ2) is 5.65. The molecular formula is C10H13F3N4O. The number of carbonyl (C=O) groups is 1. The van der Waals surface area contributed by atoms with Crippen molar-refractivity contribution in [3.63, 3.8) is 0 Å². The Bertz CT molecular complexity index is 422. The van der Waals surface area contributed by atoms with E-state index in [0.29, 0.717) is 5.82 Å². The number of hydrogen-bond acceptors (Lipinski definition) is 4. The second-order valence-electron chi connectivity index (χ2n) is 3.73. The third-order valence-corrected chi connectivity index (χ3v) is 2.04. The Balaban J connectivity index is 2.64. The first-order valence-corrected chi connectivity index (χ1v) is 5.19. The van der Waals surface area contributed by atoms with Gasteiger partial charge in [-0.2, -0.15) is 13.2 Å². The van der Waals surface area contributed by atoms with Crippen LogP contribution in [0, 0.1) is 0 Å². The maximum Gasteiger partial charge on any atom is 0.391 e. The average molecular weight is 262 g/mol. The molecule has 1 aromatic rings. The number of rotatable bonds is 4. The zero-order chi connectivity index (χ0) is 13.8. The molecule has 0 fully saturated rings. The fourth-order valence-corrected chi connectivity index (χ4v) is 1.29. The van der Waals surface area contributed by atoms with Crippen molar-refractivity contribution >= 4 is 11.7 Å². The Morgan fingerprint density at radius 3 is 2.67 bits per heavy atom. The van der Waals surface area contributed by atoms with Crippen molar-refractivity contribution in [1.29, 1.82) is 0 Å². The Morgan fingerprint density at radius 2 is 2.11 bits per heavy atom. The molecule has 1 unspecified atom stereocenters. The molecule has 5 nitrogen and oxygen atoms in total. The first kappa shape index (κ1) is 14.2. The van der Waals surface area contributed by atoms with Crippen LogP contribution in [0.1, 0.15) is 23.8 Å². The lowest BCUT2D eigenvalue weighted by Gasteiger charge is -2.15. The van der Waals surface area contributed by atoms with Gasteiger partial charge < -0.3 is 10.6 Å². The van der Waals surface area contributed by atoms with Gasteiger partial charge in [0.15, 0.2) is 0 Å². The standard InChI is InChI=1S/C10H13F3N4O/c1-6(3-10(11,12)13)16-9(18)7-4-15-5-8(14-2)17-7/h4-6H,3H2,1-2H3,(H,14,17)(H,16,18). The highest BCUT2D eigenvalue weighted by Gasteiger charge is 2.30. The van der Waals surface area contributed by atoms with Gasteiger partial charge in [0.2, 0.25) is 0 Å². The van der Waals surface area contributed by atoms with Gasteiger partial charge in [0.05, 0.1) is 18.8 Å². The van der Waals surface area contributed by atoms with Crippen LogP contribution in [-0.4, -0.2) is 35.1 Å². The fraction of sp³-hybridized carbons (Fsp3) is 0.500. The minimum absolute atomic E-state index is 0.0316. The quantitative estimate of drug-likeness (QED) is 0.864.